The number of likely N-dealkylation sites (tertiary alicyclic amines) is 2. The van der Waals surface area contributed by atoms with E-state index in [1.54, 1.807) is 6.07 Å². The highest BCUT2D eigenvalue weighted by atomic mass is 19.1. The fourth-order valence-corrected chi connectivity index (χ4v) is 5.16. The van der Waals surface area contributed by atoms with Crippen molar-refractivity contribution in [2.24, 2.45) is 4.99 Å². The molecule has 1 aromatic carbocycles. The molecule has 2 fully saturated rings. The second-order valence-electron chi connectivity index (χ2n) is 9.18. The molecule has 31 heavy (non-hydrogen) atoms. The lowest BCUT2D eigenvalue weighted by Gasteiger charge is -2.50. The number of nitrogens with zero attached hydrogens (tertiary/aromatic N) is 3. The summed E-state index contributed by atoms with van der Waals surface area (Å²) in [4.78, 5) is 12.8. The number of halogens is 1. The monoisotopic (exact) mass is 428 g/mol. The maximum atomic E-state index is 13.4. The zero-order chi connectivity index (χ0) is 21.7. The normalized spacial score (nSPS) is 20.8. The van der Waals surface area contributed by atoms with E-state index in [1.807, 2.05) is 19.3 Å². The van der Waals surface area contributed by atoms with E-state index in [9.17, 15) is 4.39 Å². The molecule has 2 aliphatic heterocycles. The van der Waals surface area contributed by atoms with Gasteiger partial charge in [0.1, 0.15) is 5.82 Å². The van der Waals surface area contributed by atoms with Gasteiger partial charge in [-0.05, 0) is 89.1 Å². The standard InChI is InChI=1S/C24H37FN6/c1-26-23(27-11-8-19-17-28-22-16-20(25)6-7-21(19)22)29-18-24(9-14-30(2)15-10-24)31-12-4-3-5-13-31/h6-7,16-17,28H,3-5,8-15,18H2,1-2H3,(H2,26,27,29). The Bertz CT molecular complexity index is 877. The van der Waals surface area contributed by atoms with Crippen molar-refractivity contribution in [2.45, 2.75) is 44.1 Å². The van der Waals surface area contributed by atoms with E-state index >= 15 is 0 Å². The molecule has 0 amide bonds. The quantitative estimate of drug-likeness (QED) is 0.489. The molecular weight excluding hydrogens is 391 g/mol. The van der Waals surface area contributed by atoms with Crippen molar-refractivity contribution in [3.8, 4) is 0 Å². The first-order valence-electron chi connectivity index (χ1n) is 11.7. The van der Waals surface area contributed by atoms with Crippen LogP contribution in [0.2, 0.25) is 0 Å². The third-order valence-corrected chi connectivity index (χ3v) is 7.17. The van der Waals surface area contributed by atoms with Gasteiger partial charge in [-0.1, -0.05) is 6.42 Å². The van der Waals surface area contributed by atoms with Crippen molar-refractivity contribution in [3.63, 3.8) is 0 Å². The van der Waals surface area contributed by atoms with Gasteiger partial charge in [0.15, 0.2) is 5.96 Å². The van der Waals surface area contributed by atoms with Crippen LogP contribution in [0.3, 0.4) is 0 Å². The first-order chi connectivity index (χ1) is 15.1. The van der Waals surface area contributed by atoms with Gasteiger partial charge in [0.2, 0.25) is 0 Å². The van der Waals surface area contributed by atoms with E-state index in [2.05, 4.69) is 37.5 Å². The lowest BCUT2D eigenvalue weighted by Crippen LogP contribution is -2.62. The molecule has 170 valence electrons. The molecule has 2 aromatic rings. The minimum Gasteiger partial charge on any atom is -0.361 e. The molecule has 0 spiro atoms. The first kappa shape index (κ1) is 22.1. The highest BCUT2D eigenvalue weighted by Gasteiger charge is 2.39. The van der Waals surface area contributed by atoms with Crippen LogP contribution >= 0.6 is 0 Å². The van der Waals surface area contributed by atoms with Gasteiger partial charge in [-0.3, -0.25) is 9.89 Å². The minimum atomic E-state index is -0.208. The molecule has 0 aliphatic carbocycles. The highest BCUT2D eigenvalue weighted by Crippen LogP contribution is 2.30. The summed E-state index contributed by atoms with van der Waals surface area (Å²) in [7, 11) is 4.07. The summed E-state index contributed by atoms with van der Waals surface area (Å²) in [6.45, 7) is 6.48. The van der Waals surface area contributed by atoms with Crippen LogP contribution in [0.15, 0.2) is 29.4 Å². The number of benzene rings is 1. The van der Waals surface area contributed by atoms with Crippen molar-refractivity contribution >= 4 is 16.9 Å². The average Bonchev–Trinajstić information content (AvgIpc) is 3.20. The van der Waals surface area contributed by atoms with Gasteiger partial charge in [-0.25, -0.2) is 4.39 Å². The molecule has 3 N–H and O–H groups in total. The van der Waals surface area contributed by atoms with Gasteiger partial charge in [0.05, 0.1) is 0 Å². The molecule has 0 saturated carbocycles. The molecule has 0 unspecified atom stereocenters. The largest absolute Gasteiger partial charge is 0.361 e. The van der Waals surface area contributed by atoms with Gasteiger partial charge in [0.25, 0.3) is 0 Å². The van der Waals surface area contributed by atoms with E-state index < -0.39 is 0 Å². The van der Waals surface area contributed by atoms with Crippen LogP contribution in [-0.2, 0) is 6.42 Å². The fraction of sp³-hybridized carbons (Fsp3) is 0.625. The Labute approximate surface area is 185 Å². The van der Waals surface area contributed by atoms with Crippen LogP contribution in [0.5, 0.6) is 0 Å². The summed E-state index contributed by atoms with van der Waals surface area (Å²) in [6, 6.07) is 4.93. The highest BCUT2D eigenvalue weighted by molar-refractivity contribution is 5.83. The molecule has 4 rings (SSSR count). The predicted octanol–water partition coefficient (Wildman–Crippen LogP) is 2.96. The SMILES string of the molecule is CN=C(NCCc1c[nH]c2cc(F)ccc12)NCC1(N2CCCCC2)CCN(C)CC1. The van der Waals surface area contributed by atoms with Crippen molar-refractivity contribution in [2.75, 3.05) is 53.4 Å². The topological polar surface area (TPSA) is 58.7 Å². The van der Waals surface area contributed by atoms with Gasteiger partial charge in [-0.2, -0.15) is 0 Å². The van der Waals surface area contributed by atoms with E-state index in [-0.39, 0.29) is 11.4 Å². The zero-order valence-electron chi connectivity index (χ0n) is 19.0. The van der Waals surface area contributed by atoms with E-state index in [0.717, 1.165) is 49.5 Å². The number of H-pyrrole nitrogens is 1. The smallest absolute Gasteiger partial charge is 0.191 e. The number of aliphatic imine (C=N–C) groups is 1. The Morgan fingerprint density at radius 2 is 1.90 bits per heavy atom. The summed E-state index contributed by atoms with van der Waals surface area (Å²) >= 11 is 0. The summed E-state index contributed by atoms with van der Waals surface area (Å²) in [5.41, 5.74) is 2.27. The van der Waals surface area contributed by atoms with Crippen molar-refractivity contribution in [1.29, 1.82) is 0 Å². The van der Waals surface area contributed by atoms with Gasteiger partial charge in [0, 0.05) is 42.8 Å². The van der Waals surface area contributed by atoms with Crippen LogP contribution in [-0.4, -0.2) is 79.6 Å². The number of nitrogens with one attached hydrogen (secondary N) is 3. The molecule has 2 saturated heterocycles. The zero-order valence-corrected chi connectivity index (χ0v) is 19.0. The van der Waals surface area contributed by atoms with Gasteiger partial charge in [-0.15, -0.1) is 0 Å². The Kier molecular flexibility index (Phi) is 7.13. The Morgan fingerprint density at radius 3 is 2.65 bits per heavy atom. The number of hydrogen-bond acceptors (Lipinski definition) is 3. The van der Waals surface area contributed by atoms with Crippen molar-refractivity contribution in [3.05, 3.63) is 35.8 Å². The van der Waals surface area contributed by atoms with E-state index in [4.69, 9.17) is 0 Å². The summed E-state index contributed by atoms with van der Waals surface area (Å²) in [6.07, 6.45) is 9.25. The number of aromatic nitrogens is 1. The first-order valence-corrected chi connectivity index (χ1v) is 11.7. The second kappa shape index (κ2) is 10.0. The van der Waals surface area contributed by atoms with Crippen molar-refractivity contribution < 1.29 is 4.39 Å². The van der Waals surface area contributed by atoms with Crippen LogP contribution < -0.4 is 10.6 Å². The minimum absolute atomic E-state index is 0.208. The van der Waals surface area contributed by atoms with E-state index in [1.165, 1.54) is 56.8 Å². The average molecular weight is 429 g/mol. The number of fused-ring (bicyclic) bond motifs is 1. The summed E-state index contributed by atoms with van der Waals surface area (Å²) < 4.78 is 13.4. The van der Waals surface area contributed by atoms with Gasteiger partial charge < -0.3 is 20.5 Å². The maximum Gasteiger partial charge on any atom is 0.191 e. The Morgan fingerprint density at radius 1 is 1.13 bits per heavy atom. The van der Waals surface area contributed by atoms with Crippen LogP contribution in [0, 0.1) is 5.82 Å². The molecule has 0 radical (unpaired) electrons. The number of hydrogen-bond donors (Lipinski definition) is 3. The Balaban J connectivity index is 1.33. The number of piperidine rings is 2. The molecular formula is C24H37FN6. The molecule has 2 aliphatic rings. The fourth-order valence-electron chi connectivity index (χ4n) is 5.16. The number of rotatable bonds is 6. The van der Waals surface area contributed by atoms with Gasteiger partial charge >= 0.3 is 0 Å². The lowest BCUT2D eigenvalue weighted by molar-refractivity contribution is 0.0173. The Hall–Kier alpha value is -2.12. The number of guanidine groups is 1. The van der Waals surface area contributed by atoms with Crippen molar-refractivity contribution in [1.82, 2.24) is 25.4 Å². The molecule has 6 nitrogen and oxygen atoms in total. The third-order valence-electron chi connectivity index (χ3n) is 7.17. The third kappa shape index (κ3) is 5.21. The van der Waals surface area contributed by atoms with Crippen LogP contribution in [0.25, 0.3) is 10.9 Å². The van der Waals surface area contributed by atoms with Crippen LogP contribution in [0.1, 0.15) is 37.7 Å². The summed E-state index contributed by atoms with van der Waals surface area (Å²) in [5.74, 6) is 0.654. The maximum absolute atomic E-state index is 13.4. The number of aromatic amines is 1. The molecule has 7 heteroatoms. The summed E-state index contributed by atoms with van der Waals surface area (Å²) in [5, 5.41) is 8.20. The lowest BCUT2D eigenvalue weighted by atomic mass is 9.84. The molecule has 0 atom stereocenters. The van der Waals surface area contributed by atoms with E-state index in [0.29, 0.717) is 0 Å². The molecule has 1 aromatic heterocycles. The molecule has 0 bridgehead atoms. The predicted molar refractivity (Wildman–Crippen MR) is 126 cm³/mol. The van der Waals surface area contributed by atoms with Crippen LogP contribution in [0.4, 0.5) is 4.39 Å². The second-order valence-corrected chi connectivity index (χ2v) is 9.18. The molecule has 3 heterocycles.